The van der Waals surface area contributed by atoms with E-state index in [1.54, 1.807) is 13.8 Å². The first-order valence-corrected chi connectivity index (χ1v) is 5.77. The van der Waals surface area contributed by atoms with Crippen molar-refractivity contribution in [3.63, 3.8) is 0 Å². The summed E-state index contributed by atoms with van der Waals surface area (Å²) in [5, 5.41) is 28.3. The molecule has 0 amide bonds. The van der Waals surface area contributed by atoms with Gasteiger partial charge in [-0.05, 0) is 0 Å². The smallest absolute Gasteiger partial charge is 0.305 e. The Labute approximate surface area is 105 Å². The third-order valence-corrected chi connectivity index (χ3v) is 2.20. The van der Waals surface area contributed by atoms with E-state index in [2.05, 4.69) is 9.47 Å². The first-order valence-electron chi connectivity index (χ1n) is 5.77. The van der Waals surface area contributed by atoms with E-state index < -0.39 is 43.5 Å². The van der Waals surface area contributed by atoms with Crippen molar-refractivity contribution < 1.29 is 34.4 Å². The number of esters is 2. The van der Waals surface area contributed by atoms with Crippen LogP contribution in [0.3, 0.4) is 0 Å². The molecule has 18 heavy (non-hydrogen) atoms. The maximum Gasteiger partial charge on any atom is 0.305 e. The standard InChI is InChI=1S/C11H20O7/c1-3-9(14)17-5-7(12)11(16)8(13)6-18-10(15)4-2/h7-8,11-13,16H,3-6H2,1-2H3/t7-,8+,11?. The molecular weight excluding hydrogens is 244 g/mol. The molecule has 0 aromatic heterocycles. The van der Waals surface area contributed by atoms with Gasteiger partial charge in [-0.1, -0.05) is 13.8 Å². The van der Waals surface area contributed by atoms with E-state index in [-0.39, 0.29) is 12.8 Å². The van der Waals surface area contributed by atoms with Gasteiger partial charge in [-0.15, -0.1) is 0 Å². The van der Waals surface area contributed by atoms with Crippen LogP contribution in [0.2, 0.25) is 0 Å². The molecule has 7 heteroatoms. The lowest BCUT2D eigenvalue weighted by atomic mass is 10.1. The van der Waals surface area contributed by atoms with Gasteiger partial charge in [0.1, 0.15) is 31.5 Å². The summed E-state index contributed by atoms with van der Waals surface area (Å²) in [7, 11) is 0. The van der Waals surface area contributed by atoms with Crippen molar-refractivity contribution in [1.29, 1.82) is 0 Å². The fourth-order valence-electron chi connectivity index (χ4n) is 1.01. The lowest BCUT2D eigenvalue weighted by molar-refractivity contribution is -0.157. The Kier molecular flexibility index (Phi) is 8.27. The average Bonchev–Trinajstić information content (AvgIpc) is 2.39. The van der Waals surface area contributed by atoms with E-state index in [0.717, 1.165) is 0 Å². The fourth-order valence-corrected chi connectivity index (χ4v) is 1.01. The fraction of sp³-hybridized carbons (Fsp3) is 0.818. The van der Waals surface area contributed by atoms with Crippen LogP contribution in [0.4, 0.5) is 0 Å². The van der Waals surface area contributed by atoms with Crippen molar-refractivity contribution in [1.82, 2.24) is 0 Å². The van der Waals surface area contributed by atoms with E-state index in [1.807, 2.05) is 0 Å². The Bertz CT molecular complexity index is 240. The molecule has 0 saturated heterocycles. The topological polar surface area (TPSA) is 113 Å². The first kappa shape index (κ1) is 16.8. The third-order valence-electron chi connectivity index (χ3n) is 2.20. The maximum atomic E-state index is 10.8. The molecule has 0 bridgehead atoms. The molecule has 0 aromatic rings. The van der Waals surface area contributed by atoms with E-state index in [0.29, 0.717) is 0 Å². The highest BCUT2D eigenvalue weighted by Gasteiger charge is 2.26. The number of rotatable bonds is 8. The van der Waals surface area contributed by atoms with Crippen molar-refractivity contribution in [2.75, 3.05) is 13.2 Å². The van der Waals surface area contributed by atoms with E-state index in [1.165, 1.54) is 0 Å². The van der Waals surface area contributed by atoms with Gasteiger partial charge < -0.3 is 24.8 Å². The molecule has 0 saturated carbocycles. The highest BCUT2D eigenvalue weighted by Crippen LogP contribution is 2.03. The predicted octanol–water partition coefficient (Wildman–Crippen LogP) is -1.02. The monoisotopic (exact) mass is 264 g/mol. The molecule has 106 valence electrons. The molecule has 0 spiro atoms. The van der Waals surface area contributed by atoms with Crippen LogP contribution in [0.15, 0.2) is 0 Å². The van der Waals surface area contributed by atoms with Gasteiger partial charge in [-0.3, -0.25) is 9.59 Å². The van der Waals surface area contributed by atoms with Crippen LogP contribution in [0.1, 0.15) is 26.7 Å². The van der Waals surface area contributed by atoms with Crippen LogP contribution < -0.4 is 0 Å². The molecule has 0 aliphatic carbocycles. The number of hydrogen-bond acceptors (Lipinski definition) is 7. The van der Waals surface area contributed by atoms with Crippen LogP contribution in [-0.4, -0.2) is 58.8 Å². The van der Waals surface area contributed by atoms with Gasteiger partial charge in [-0.25, -0.2) is 0 Å². The first-order chi connectivity index (χ1) is 8.42. The molecule has 0 radical (unpaired) electrons. The minimum Gasteiger partial charge on any atom is -0.463 e. The van der Waals surface area contributed by atoms with Crippen molar-refractivity contribution in [3.8, 4) is 0 Å². The van der Waals surface area contributed by atoms with Crippen LogP contribution in [0.25, 0.3) is 0 Å². The van der Waals surface area contributed by atoms with E-state index >= 15 is 0 Å². The minimum atomic E-state index is -1.56. The number of aliphatic hydroxyl groups is 3. The summed E-state index contributed by atoms with van der Waals surface area (Å²) in [5.74, 6) is -1.04. The van der Waals surface area contributed by atoms with Gasteiger partial charge in [0, 0.05) is 12.8 Å². The Hall–Kier alpha value is -1.18. The highest BCUT2D eigenvalue weighted by atomic mass is 16.6. The Balaban J connectivity index is 3.99. The second-order valence-electron chi connectivity index (χ2n) is 3.70. The van der Waals surface area contributed by atoms with Crippen molar-refractivity contribution >= 4 is 11.9 Å². The number of hydrogen-bond donors (Lipinski definition) is 3. The normalized spacial score (nSPS) is 15.6. The SMILES string of the molecule is CCC(=O)OC[C@@H](O)C(O)[C@@H](O)COC(=O)CC. The largest absolute Gasteiger partial charge is 0.463 e. The van der Waals surface area contributed by atoms with Crippen LogP contribution in [-0.2, 0) is 19.1 Å². The molecule has 3 atom stereocenters. The van der Waals surface area contributed by atoms with Gasteiger partial charge in [-0.2, -0.15) is 0 Å². The van der Waals surface area contributed by atoms with Crippen LogP contribution in [0.5, 0.6) is 0 Å². The average molecular weight is 264 g/mol. The second kappa shape index (κ2) is 8.84. The molecule has 1 unspecified atom stereocenters. The second-order valence-corrected chi connectivity index (χ2v) is 3.70. The molecule has 0 aromatic carbocycles. The quantitative estimate of drug-likeness (QED) is 0.481. The van der Waals surface area contributed by atoms with Crippen LogP contribution in [0, 0.1) is 0 Å². The van der Waals surface area contributed by atoms with Gasteiger partial charge >= 0.3 is 11.9 Å². The highest BCUT2D eigenvalue weighted by molar-refractivity contribution is 5.69. The number of carbonyl (C=O) groups excluding carboxylic acids is 2. The summed E-state index contributed by atoms with van der Waals surface area (Å²) in [5.41, 5.74) is 0. The van der Waals surface area contributed by atoms with Gasteiger partial charge in [0.25, 0.3) is 0 Å². The van der Waals surface area contributed by atoms with Crippen molar-refractivity contribution in [2.45, 2.75) is 45.0 Å². The number of ether oxygens (including phenoxy) is 2. The summed E-state index contributed by atoms with van der Waals surface area (Å²) < 4.78 is 9.21. The minimum absolute atomic E-state index is 0.152. The molecule has 3 N–H and O–H groups in total. The Morgan fingerprint density at radius 1 is 0.889 bits per heavy atom. The van der Waals surface area contributed by atoms with Crippen molar-refractivity contribution in [3.05, 3.63) is 0 Å². The van der Waals surface area contributed by atoms with Gasteiger partial charge in [0.2, 0.25) is 0 Å². The molecule has 0 fully saturated rings. The molecule has 0 heterocycles. The van der Waals surface area contributed by atoms with Gasteiger partial charge in [0.05, 0.1) is 0 Å². The predicted molar refractivity (Wildman–Crippen MR) is 60.5 cm³/mol. The van der Waals surface area contributed by atoms with E-state index in [4.69, 9.17) is 0 Å². The summed E-state index contributed by atoms with van der Waals surface area (Å²) in [6.07, 6.45) is -4.12. The Morgan fingerprint density at radius 3 is 1.50 bits per heavy atom. The van der Waals surface area contributed by atoms with Gasteiger partial charge in [0.15, 0.2) is 0 Å². The summed E-state index contributed by atoms with van der Waals surface area (Å²) >= 11 is 0. The molecule has 7 nitrogen and oxygen atoms in total. The zero-order valence-corrected chi connectivity index (χ0v) is 10.5. The maximum absolute atomic E-state index is 10.8. The number of aliphatic hydroxyl groups excluding tert-OH is 3. The molecular formula is C11H20O7. The zero-order chi connectivity index (χ0) is 14.1. The van der Waals surface area contributed by atoms with Crippen LogP contribution >= 0.6 is 0 Å². The summed E-state index contributed by atoms with van der Waals surface area (Å²) in [4.78, 5) is 21.6. The Morgan fingerprint density at radius 2 is 1.22 bits per heavy atom. The van der Waals surface area contributed by atoms with Crippen molar-refractivity contribution in [2.24, 2.45) is 0 Å². The summed E-state index contributed by atoms with van der Waals surface area (Å²) in [6, 6.07) is 0. The summed E-state index contributed by atoms with van der Waals surface area (Å²) in [6.45, 7) is 2.33. The third kappa shape index (κ3) is 6.53. The molecule has 0 rings (SSSR count). The molecule has 0 aliphatic rings. The zero-order valence-electron chi connectivity index (χ0n) is 10.5. The lowest BCUT2D eigenvalue weighted by Gasteiger charge is -2.22. The molecule has 0 aliphatic heterocycles. The lowest BCUT2D eigenvalue weighted by Crippen LogP contribution is -2.43. The van der Waals surface area contributed by atoms with E-state index in [9.17, 15) is 24.9 Å². The number of carbonyl (C=O) groups is 2.